The molecule has 1 aromatic carbocycles. The molecule has 3 aromatic rings. The lowest BCUT2D eigenvalue weighted by atomic mass is 10.1. The summed E-state index contributed by atoms with van der Waals surface area (Å²) in [6.45, 7) is 2.08. The van der Waals surface area contributed by atoms with Gasteiger partial charge in [0, 0.05) is 6.54 Å². The van der Waals surface area contributed by atoms with Gasteiger partial charge >= 0.3 is 6.03 Å². The van der Waals surface area contributed by atoms with Crippen molar-refractivity contribution < 1.29 is 24.1 Å². The number of amides is 2. The van der Waals surface area contributed by atoms with Gasteiger partial charge in [0.15, 0.2) is 29.5 Å². The molecule has 5 rings (SSSR count). The Labute approximate surface area is 189 Å². The molecule has 2 fully saturated rings. The second kappa shape index (κ2) is 9.24. The molecule has 0 saturated carbocycles. The topological polar surface area (TPSA) is 133 Å². The van der Waals surface area contributed by atoms with E-state index in [0.29, 0.717) is 17.7 Å². The number of aromatic nitrogens is 4. The summed E-state index contributed by atoms with van der Waals surface area (Å²) in [7, 11) is 0. The predicted octanol–water partition coefficient (Wildman–Crippen LogP) is 1.68. The first-order chi connectivity index (χ1) is 16.2. The molecule has 172 valence electrons. The van der Waals surface area contributed by atoms with Crippen LogP contribution in [-0.4, -0.2) is 68.4 Å². The van der Waals surface area contributed by atoms with Crippen LogP contribution in [0.1, 0.15) is 18.7 Å². The van der Waals surface area contributed by atoms with Crippen LogP contribution < -0.4 is 10.6 Å². The number of benzene rings is 1. The van der Waals surface area contributed by atoms with Crippen molar-refractivity contribution in [2.24, 2.45) is 0 Å². The molecule has 2 aliphatic heterocycles. The zero-order valence-corrected chi connectivity index (χ0v) is 17.9. The molecule has 11 heteroatoms. The maximum atomic E-state index is 11.9. The van der Waals surface area contributed by atoms with Gasteiger partial charge in [-0.25, -0.2) is 19.7 Å². The molecule has 2 aromatic heterocycles. The third-order valence-corrected chi connectivity index (χ3v) is 5.50. The fourth-order valence-corrected chi connectivity index (χ4v) is 4.02. The van der Waals surface area contributed by atoms with Crippen molar-refractivity contribution in [3.63, 3.8) is 0 Å². The van der Waals surface area contributed by atoms with E-state index in [9.17, 15) is 9.90 Å². The summed E-state index contributed by atoms with van der Waals surface area (Å²) in [5.74, 6) is 0.283. The first-order valence-corrected chi connectivity index (χ1v) is 10.7. The third-order valence-electron chi connectivity index (χ3n) is 5.50. The van der Waals surface area contributed by atoms with E-state index < -0.39 is 30.8 Å². The van der Waals surface area contributed by atoms with Crippen molar-refractivity contribution in [2.75, 3.05) is 18.5 Å². The molecule has 33 heavy (non-hydrogen) atoms. The molecule has 2 aliphatic rings. The molecule has 2 saturated heterocycles. The number of hydrogen-bond acceptors (Lipinski definition) is 8. The van der Waals surface area contributed by atoms with Crippen LogP contribution in [0.2, 0.25) is 0 Å². The third kappa shape index (κ3) is 4.18. The van der Waals surface area contributed by atoms with Gasteiger partial charge in [-0.05, 0) is 18.6 Å². The van der Waals surface area contributed by atoms with Crippen molar-refractivity contribution in [3.05, 3.63) is 54.6 Å². The van der Waals surface area contributed by atoms with E-state index in [1.54, 1.807) is 10.9 Å². The van der Waals surface area contributed by atoms with E-state index >= 15 is 0 Å². The Bertz CT molecular complexity index is 1150. The minimum atomic E-state index is -0.625. The predicted molar refractivity (Wildman–Crippen MR) is 118 cm³/mol. The van der Waals surface area contributed by atoms with Crippen molar-refractivity contribution in [2.45, 2.75) is 37.8 Å². The van der Waals surface area contributed by atoms with Crippen LogP contribution in [0.5, 0.6) is 0 Å². The molecule has 0 bridgehead atoms. The second-order valence-corrected chi connectivity index (χ2v) is 7.62. The highest BCUT2D eigenvalue weighted by molar-refractivity contribution is 5.95. The highest BCUT2D eigenvalue weighted by Crippen LogP contribution is 2.40. The number of rotatable bonds is 6. The van der Waals surface area contributed by atoms with Gasteiger partial charge in [0.05, 0.1) is 12.9 Å². The molecule has 0 radical (unpaired) electrons. The Morgan fingerprint density at radius 3 is 2.76 bits per heavy atom. The number of aliphatic hydroxyl groups is 1. The summed E-state index contributed by atoms with van der Waals surface area (Å²) in [6.07, 6.45) is 3.94. The van der Waals surface area contributed by atoms with Crippen molar-refractivity contribution >= 4 is 29.1 Å². The maximum Gasteiger partial charge on any atom is 0.320 e. The molecule has 11 nitrogen and oxygen atoms in total. The number of carbonyl (C=O) groups is 1. The van der Waals surface area contributed by atoms with Gasteiger partial charge in [-0.15, -0.1) is 0 Å². The van der Waals surface area contributed by atoms with Crippen molar-refractivity contribution in [3.8, 4) is 0 Å². The molecule has 0 spiro atoms. The minimum Gasteiger partial charge on any atom is -0.394 e. The van der Waals surface area contributed by atoms with Crippen molar-refractivity contribution in [1.29, 1.82) is 0 Å². The Hall–Kier alpha value is -3.38. The quantitative estimate of drug-likeness (QED) is 0.515. The largest absolute Gasteiger partial charge is 0.394 e. The number of nitrogens with one attached hydrogen (secondary N) is 2. The molecular weight excluding hydrogens is 428 g/mol. The van der Waals surface area contributed by atoms with E-state index in [1.807, 2.05) is 49.4 Å². The molecule has 5 atom stereocenters. The Kier molecular flexibility index (Phi) is 6.01. The van der Waals surface area contributed by atoms with Gasteiger partial charge < -0.3 is 24.6 Å². The minimum absolute atomic E-state index is 0.220. The summed E-state index contributed by atoms with van der Waals surface area (Å²) in [6, 6.07) is 9.45. The van der Waals surface area contributed by atoms with Crippen LogP contribution in [0.4, 0.5) is 10.6 Å². The maximum absolute atomic E-state index is 11.9. The Morgan fingerprint density at radius 1 is 1.15 bits per heavy atom. The molecular formula is C22H24N6O5. The van der Waals surface area contributed by atoms with Gasteiger partial charge in [-0.2, -0.15) is 0 Å². The number of fused-ring (bicyclic) bond motifs is 2. The van der Waals surface area contributed by atoms with Crippen LogP contribution in [0.25, 0.3) is 17.2 Å². The zero-order chi connectivity index (χ0) is 22.8. The number of nitrogens with zero attached hydrogens (tertiary/aromatic N) is 4. The number of aliphatic hydroxyl groups excluding tert-OH is 1. The van der Waals surface area contributed by atoms with Crippen LogP contribution in [0, 0.1) is 0 Å². The highest BCUT2D eigenvalue weighted by Gasteiger charge is 2.53. The molecule has 2 amide bonds. The number of imidazole rings is 1. The number of ether oxygens (including phenoxy) is 3. The van der Waals surface area contributed by atoms with Crippen LogP contribution in [0.15, 0.2) is 49.1 Å². The monoisotopic (exact) mass is 452 g/mol. The van der Waals surface area contributed by atoms with E-state index in [2.05, 4.69) is 25.6 Å². The second-order valence-electron chi connectivity index (χ2n) is 7.62. The summed E-state index contributed by atoms with van der Waals surface area (Å²) >= 11 is 0. The fraction of sp³-hybridized carbons (Fsp3) is 0.364. The average Bonchev–Trinajstić information content (AvgIpc) is 3.52. The number of urea groups is 1. The van der Waals surface area contributed by atoms with Crippen LogP contribution >= 0.6 is 0 Å². The van der Waals surface area contributed by atoms with E-state index in [1.165, 1.54) is 6.33 Å². The summed E-state index contributed by atoms with van der Waals surface area (Å²) in [4.78, 5) is 24.8. The molecule has 4 heterocycles. The summed E-state index contributed by atoms with van der Waals surface area (Å²) in [5.41, 5.74) is 1.90. The fourth-order valence-electron chi connectivity index (χ4n) is 4.02. The smallest absolute Gasteiger partial charge is 0.320 e. The van der Waals surface area contributed by atoms with E-state index in [0.717, 1.165) is 5.56 Å². The molecule has 3 N–H and O–H groups in total. The average molecular weight is 452 g/mol. The van der Waals surface area contributed by atoms with Crippen LogP contribution in [-0.2, 0) is 14.2 Å². The summed E-state index contributed by atoms with van der Waals surface area (Å²) < 4.78 is 19.9. The standard InChI is InChI=1S/C22H24N6O5/c1-2-23-22(30)27-19-16-20(25-11-24-19)28(12-26-16)21-18-17(14(10-29)31-21)32-15(33-18)9-8-13-6-4-3-5-7-13/h3-9,11-12,14-15,17-18,21,29H,2,10H2,1H3,(H2,23,24,25,27,30)/b9-8+/t14-,15+,17+,18?,21-/m1/s1. The normalized spacial score (nSPS) is 26.7. The number of hydrogen-bond donors (Lipinski definition) is 3. The first-order valence-electron chi connectivity index (χ1n) is 10.7. The Morgan fingerprint density at radius 2 is 1.97 bits per heavy atom. The van der Waals surface area contributed by atoms with Crippen molar-refractivity contribution in [1.82, 2.24) is 24.8 Å². The van der Waals surface area contributed by atoms with Gasteiger partial charge in [0.25, 0.3) is 0 Å². The van der Waals surface area contributed by atoms with Gasteiger partial charge in [0.2, 0.25) is 0 Å². The lowest BCUT2D eigenvalue weighted by molar-refractivity contribution is -0.133. The molecule has 0 aliphatic carbocycles. The summed E-state index contributed by atoms with van der Waals surface area (Å²) in [5, 5.41) is 15.2. The SMILES string of the molecule is CCNC(=O)Nc1ncnc2c1ncn2[C@@H]1O[C@H](CO)[C@@H]2O[C@H](/C=C/c3ccccc3)OC21. The lowest BCUT2D eigenvalue weighted by Crippen LogP contribution is -2.30. The first kappa shape index (κ1) is 21.5. The van der Waals surface area contributed by atoms with Gasteiger partial charge in [0.1, 0.15) is 24.6 Å². The lowest BCUT2D eigenvalue weighted by Gasteiger charge is -2.19. The van der Waals surface area contributed by atoms with E-state index in [-0.39, 0.29) is 18.5 Å². The van der Waals surface area contributed by atoms with Gasteiger partial charge in [-0.1, -0.05) is 36.4 Å². The molecule has 1 unspecified atom stereocenters. The Balaban J connectivity index is 1.39. The number of carbonyl (C=O) groups excluding carboxylic acids is 1. The zero-order valence-electron chi connectivity index (χ0n) is 17.9. The highest BCUT2D eigenvalue weighted by atomic mass is 16.8. The van der Waals surface area contributed by atoms with Gasteiger partial charge in [-0.3, -0.25) is 9.88 Å². The van der Waals surface area contributed by atoms with E-state index in [4.69, 9.17) is 14.2 Å². The van der Waals surface area contributed by atoms with Crippen LogP contribution in [0.3, 0.4) is 0 Å². The number of anilines is 1.